The molecular weight excluding hydrogens is 753 g/mol. The Balaban J connectivity index is 1.29. The van der Waals surface area contributed by atoms with Gasteiger partial charge in [-0.25, -0.2) is 0 Å². The van der Waals surface area contributed by atoms with Gasteiger partial charge in [0.25, 0.3) is 0 Å². The third kappa shape index (κ3) is 5.02. The van der Waals surface area contributed by atoms with Crippen LogP contribution in [0.1, 0.15) is 104 Å². The molecule has 0 spiro atoms. The molecule has 5 aliphatic rings. The van der Waals surface area contributed by atoms with Crippen LogP contribution in [0.5, 0.6) is 11.5 Å². The molecule has 0 aliphatic carbocycles. The fourth-order valence-corrected chi connectivity index (χ4v) is 11.0. The van der Waals surface area contributed by atoms with Gasteiger partial charge in [-0.05, 0) is 121 Å². The van der Waals surface area contributed by atoms with Gasteiger partial charge < -0.3 is 19.0 Å². The first-order valence-electron chi connectivity index (χ1n) is 22.5. The van der Waals surface area contributed by atoms with Gasteiger partial charge in [0.15, 0.2) is 5.75 Å². The van der Waals surface area contributed by atoms with E-state index < -0.39 is 0 Å². The van der Waals surface area contributed by atoms with Crippen LogP contribution in [-0.4, -0.2) is 11.4 Å². The van der Waals surface area contributed by atoms with Crippen molar-refractivity contribution in [3.05, 3.63) is 155 Å². The fraction of sp³-hybridized carbons (Fsp3) is 0.263. The molecule has 0 unspecified atom stereocenters. The van der Waals surface area contributed by atoms with Crippen LogP contribution >= 0.6 is 0 Å². The van der Waals surface area contributed by atoms with E-state index in [1.807, 2.05) is 0 Å². The lowest BCUT2D eigenvalue weighted by Gasteiger charge is -2.48. The van der Waals surface area contributed by atoms with Crippen LogP contribution in [0.3, 0.4) is 0 Å². The van der Waals surface area contributed by atoms with Crippen molar-refractivity contribution in [1.82, 2.24) is 4.57 Å². The van der Waals surface area contributed by atoms with Gasteiger partial charge in [0, 0.05) is 44.5 Å². The Morgan fingerprint density at radius 2 is 1.18 bits per heavy atom. The summed E-state index contributed by atoms with van der Waals surface area (Å²) in [5.74, 6) is 1.81. The minimum atomic E-state index is -0.298. The SMILES string of the molecule is CC(C)(C)c1ccc(N2c3cc(C(C)(C)C)ccc3B3c4c5cc(cc42)C(C)(C)c2ccc(cc2)-n2c4ccccc4c4cc6c(c-5c42)N3c2ccc(C(C)(C)C)cc2O6)cc1. The maximum atomic E-state index is 7.29. The van der Waals surface area contributed by atoms with Crippen molar-refractivity contribution < 1.29 is 4.74 Å². The molecule has 1 aromatic heterocycles. The molecule has 5 aliphatic heterocycles. The number of aromatic nitrogens is 1. The molecule has 4 nitrogen and oxygen atoms in total. The third-order valence-corrected chi connectivity index (χ3v) is 14.6. The predicted octanol–water partition coefficient (Wildman–Crippen LogP) is 14.1. The Morgan fingerprint density at radius 3 is 1.89 bits per heavy atom. The van der Waals surface area contributed by atoms with E-state index in [4.69, 9.17) is 4.74 Å². The average molecular weight is 808 g/mol. The minimum absolute atomic E-state index is 0.0372. The summed E-state index contributed by atoms with van der Waals surface area (Å²) in [4.78, 5) is 5.26. The van der Waals surface area contributed by atoms with Crippen molar-refractivity contribution in [2.24, 2.45) is 0 Å². The van der Waals surface area contributed by atoms with Crippen LogP contribution in [0.4, 0.5) is 28.4 Å². The summed E-state index contributed by atoms with van der Waals surface area (Å²) in [5, 5.41) is 2.42. The second kappa shape index (κ2) is 12.0. The van der Waals surface area contributed by atoms with Crippen molar-refractivity contribution in [2.75, 3.05) is 9.71 Å². The van der Waals surface area contributed by atoms with Crippen molar-refractivity contribution >= 4 is 68.0 Å². The van der Waals surface area contributed by atoms with E-state index in [1.54, 1.807) is 0 Å². The van der Waals surface area contributed by atoms with E-state index in [2.05, 4.69) is 218 Å². The smallest absolute Gasteiger partial charge is 0.333 e. The van der Waals surface area contributed by atoms with Gasteiger partial charge in [0.1, 0.15) is 5.75 Å². The van der Waals surface area contributed by atoms with Crippen molar-refractivity contribution in [1.29, 1.82) is 0 Å². The van der Waals surface area contributed by atoms with E-state index in [0.29, 0.717) is 0 Å². The molecule has 0 saturated carbocycles. The molecule has 6 heterocycles. The van der Waals surface area contributed by atoms with Gasteiger partial charge in [0.05, 0.1) is 22.4 Å². The Morgan fingerprint density at radius 1 is 0.532 bits per heavy atom. The highest BCUT2D eigenvalue weighted by atomic mass is 16.5. The molecule has 13 rings (SSSR count). The van der Waals surface area contributed by atoms with E-state index in [-0.39, 0.29) is 28.5 Å². The Kier molecular flexibility index (Phi) is 7.29. The molecule has 7 aromatic carbocycles. The minimum Gasteiger partial charge on any atom is -0.453 e. The first-order chi connectivity index (χ1) is 29.4. The zero-order valence-electron chi connectivity index (χ0n) is 38.0. The zero-order valence-corrected chi connectivity index (χ0v) is 38.0. The molecule has 0 atom stereocenters. The van der Waals surface area contributed by atoms with Crippen molar-refractivity contribution in [3.63, 3.8) is 0 Å². The number of benzene rings is 7. The van der Waals surface area contributed by atoms with Gasteiger partial charge in [-0.15, -0.1) is 0 Å². The largest absolute Gasteiger partial charge is 0.453 e. The summed E-state index contributed by atoms with van der Waals surface area (Å²) in [5.41, 5.74) is 20.7. The summed E-state index contributed by atoms with van der Waals surface area (Å²) in [6, 6.07) is 49.4. The molecule has 8 aromatic rings. The molecule has 0 N–H and O–H groups in total. The van der Waals surface area contributed by atoms with Crippen LogP contribution in [0.25, 0.3) is 38.6 Å². The first-order valence-corrected chi connectivity index (χ1v) is 22.5. The van der Waals surface area contributed by atoms with Gasteiger partial charge in [-0.3, -0.25) is 0 Å². The molecule has 306 valence electrons. The topological polar surface area (TPSA) is 20.6 Å². The zero-order chi connectivity index (χ0) is 43.0. The molecule has 4 bridgehead atoms. The second-order valence-corrected chi connectivity index (χ2v) is 21.9. The number of para-hydroxylation sites is 1. The lowest BCUT2D eigenvalue weighted by atomic mass is 9.43. The summed E-state index contributed by atoms with van der Waals surface area (Å²) in [7, 11) is 0. The number of anilines is 5. The maximum absolute atomic E-state index is 7.29. The van der Waals surface area contributed by atoms with E-state index in [1.165, 1.54) is 88.7 Å². The highest BCUT2D eigenvalue weighted by molar-refractivity contribution is 6.94. The summed E-state index contributed by atoms with van der Waals surface area (Å²) in [6.07, 6.45) is 0. The monoisotopic (exact) mass is 807 g/mol. The maximum Gasteiger partial charge on any atom is 0.333 e. The first kappa shape index (κ1) is 37.6. The number of hydrogen-bond acceptors (Lipinski definition) is 3. The number of ether oxygens (including phenoxy) is 1. The number of hydrogen-bond donors (Lipinski definition) is 0. The average Bonchev–Trinajstić information content (AvgIpc) is 3.55. The van der Waals surface area contributed by atoms with E-state index in [0.717, 1.165) is 28.6 Å². The van der Waals surface area contributed by atoms with E-state index in [9.17, 15) is 0 Å². The Bertz CT molecular complexity index is 3240. The normalized spacial score (nSPS) is 15.5. The van der Waals surface area contributed by atoms with Crippen LogP contribution in [0, 0.1) is 0 Å². The number of fused-ring (bicyclic) bond motifs is 9. The molecule has 0 amide bonds. The van der Waals surface area contributed by atoms with Crippen molar-refractivity contribution in [2.45, 2.75) is 97.8 Å². The lowest BCUT2D eigenvalue weighted by Crippen LogP contribution is -2.62. The number of rotatable bonds is 1. The summed E-state index contributed by atoms with van der Waals surface area (Å²) < 4.78 is 9.82. The van der Waals surface area contributed by atoms with Gasteiger partial charge >= 0.3 is 6.85 Å². The number of nitrogens with zero attached hydrogens (tertiary/aromatic N) is 3. The predicted molar refractivity (Wildman–Crippen MR) is 263 cm³/mol. The standard InChI is InChI=1S/C57H54BN3O/c1-54(2,3)33-16-22-38(23-17-33)59-46-29-35(55(4,5)6)20-26-43(46)58-51-42-28-37(30-47(51)59)57(10,11)34-18-24-39(25-19-34)60-44-15-13-12-14-40(44)41-32-49-53(50(42)52(41)60)61(58)45-27-21-36(56(7,8)9)31-48(45)62-49/h12-32H,1-11H3. The Labute approximate surface area is 366 Å². The fourth-order valence-electron chi connectivity index (χ4n) is 11.0. The van der Waals surface area contributed by atoms with Gasteiger partial charge in [-0.2, -0.15) is 0 Å². The lowest BCUT2D eigenvalue weighted by molar-refractivity contribution is 0.475. The van der Waals surface area contributed by atoms with Gasteiger partial charge in [-0.1, -0.05) is 143 Å². The van der Waals surface area contributed by atoms with Crippen LogP contribution < -0.4 is 25.4 Å². The van der Waals surface area contributed by atoms with Crippen LogP contribution in [-0.2, 0) is 21.7 Å². The van der Waals surface area contributed by atoms with Crippen molar-refractivity contribution in [3.8, 4) is 28.3 Å². The molecular formula is C57H54BN3O. The molecule has 62 heavy (non-hydrogen) atoms. The second-order valence-electron chi connectivity index (χ2n) is 21.9. The molecule has 5 heteroatoms. The molecule has 0 saturated heterocycles. The van der Waals surface area contributed by atoms with Crippen LogP contribution in [0.15, 0.2) is 127 Å². The quantitative estimate of drug-likeness (QED) is 0.154. The summed E-state index contributed by atoms with van der Waals surface area (Å²) >= 11 is 0. The Hall–Kier alpha value is -6.20. The molecule has 0 radical (unpaired) electrons. The summed E-state index contributed by atoms with van der Waals surface area (Å²) in [6.45, 7) is 25.4. The van der Waals surface area contributed by atoms with Gasteiger partial charge in [0.2, 0.25) is 0 Å². The third-order valence-electron chi connectivity index (χ3n) is 14.6. The van der Waals surface area contributed by atoms with Crippen LogP contribution in [0.2, 0.25) is 0 Å². The highest BCUT2D eigenvalue weighted by Gasteiger charge is 2.50. The molecule has 0 fully saturated rings. The highest BCUT2D eigenvalue weighted by Crippen LogP contribution is 2.60. The van der Waals surface area contributed by atoms with E-state index >= 15 is 0 Å².